The number of benzene rings is 3. The van der Waals surface area contributed by atoms with Crippen molar-refractivity contribution in [3.63, 3.8) is 0 Å². The van der Waals surface area contributed by atoms with Gasteiger partial charge < -0.3 is 10.6 Å². The third-order valence-electron chi connectivity index (χ3n) is 5.56. The van der Waals surface area contributed by atoms with Crippen LogP contribution in [0.2, 0.25) is 0 Å². The van der Waals surface area contributed by atoms with E-state index in [1.165, 1.54) is 0 Å². The summed E-state index contributed by atoms with van der Waals surface area (Å²) in [4.78, 5) is 27.1. The van der Waals surface area contributed by atoms with Gasteiger partial charge in [-0.1, -0.05) is 97.6 Å². The lowest BCUT2D eigenvalue weighted by Crippen LogP contribution is -2.50. The molecular formula is C27H28N2O2. The highest BCUT2D eigenvalue weighted by molar-refractivity contribution is 6.10. The fraction of sp³-hybridized carbons (Fsp3) is 0.185. The number of rotatable bonds is 10. The molecule has 3 aromatic rings. The summed E-state index contributed by atoms with van der Waals surface area (Å²) in [6.07, 6.45) is -0.363. The third kappa shape index (κ3) is 5.05. The number of Topliss-reactive ketones (excluding diaryl/α,β-unsaturated/α-hetero) is 2. The van der Waals surface area contributed by atoms with Crippen molar-refractivity contribution in [2.45, 2.75) is 12.1 Å². The van der Waals surface area contributed by atoms with Gasteiger partial charge in [-0.3, -0.25) is 9.59 Å². The molecule has 0 spiro atoms. The monoisotopic (exact) mass is 412 g/mol. The zero-order valence-electron chi connectivity index (χ0n) is 17.9. The lowest BCUT2D eigenvalue weighted by molar-refractivity contribution is 0.0858. The largest absolute Gasteiger partial charge is 0.304 e. The molecule has 4 nitrogen and oxygen atoms in total. The van der Waals surface area contributed by atoms with Gasteiger partial charge in [0.1, 0.15) is 0 Å². The van der Waals surface area contributed by atoms with Gasteiger partial charge in [-0.25, -0.2) is 0 Å². The average molecular weight is 413 g/mol. The standard InChI is InChI=1S/C27H28N2O2/c1-19(25(30)21-15-9-5-10-16-21)23(20-13-7-4-8-14-20)24(27(28-2)29-3)26(31)22-17-11-6-12-18-22/h4-18,23-24,27-29H,1H2,2-3H3. The maximum absolute atomic E-state index is 13.8. The number of carbonyl (C=O) groups excluding carboxylic acids is 2. The van der Waals surface area contributed by atoms with E-state index >= 15 is 0 Å². The van der Waals surface area contributed by atoms with Crippen molar-refractivity contribution in [3.8, 4) is 0 Å². The van der Waals surface area contributed by atoms with Crippen LogP contribution in [0.1, 0.15) is 32.2 Å². The van der Waals surface area contributed by atoms with Crippen LogP contribution in [0.15, 0.2) is 103 Å². The van der Waals surface area contributed by atoms with E-state index in [9.17, 15) is 9.59 Å². The zero-order valence-corrected chi connectivity index (χ0v) is 17.9. The van der Waals surface area contributed by atoms with Gasteiger partial charge in [0.15, 0.2) is 11.6 Å². The minimum absolute atomic E-state index is 0.0508. The predicted octanol–water partition coefficient (Wildman–Crippen LogP) is 4.47. The van der Waals surface area contributed by atoms with E-state index in [4.69, 9.17) is 0 Å². The Morgan fingerprint density at radius 2 is 1.16 bits per heavy atom. The van der Waals surface area contributed by atoms with Gasteiger partial charge in [0, 0.05) is 22.6 Å². The zero-order chi connectivity index (χ0) is 22.2. The van der Waals surface area contributed by atoms with Gasteiger partial charge >= 0.3 is 0 Å². The molecule has 2 unspecified atom stereocenters. The van der Waals surface area contributed by atoms with E-state index in [2.05, 4.69) is 17.2 Å². The van der Waals surface area contributed by atoms with E-state index in [-0.39, 0.29) is 17.7 Å². The van der Waals surface area contributed by atoms with Crippen LogP contribution < -0.4 is 10.6 Å². The van der Waals surface area contributed by atoms with Crippen molar-refractivity contribution in [2.24, 2.45) is 5.92 Å². The second kappa shape index (κ2) is 10.6. The number of hydrogen-bond donors (Lipinski definition) is 2. The molecule has 0 aromatic heterocycles. The Bertz CT molecular complexity index is 1010. The van der Waals surface area contributed by atoms with E-state index in [1.807, 2.05) is 78.9 Å². The lowest BCUT2D eigenvalue weighted by atomic mass is 9.73. The first-order valence-corrected chi connectivity index (χ1v) is 10.4. The van der Waals surface area contributed by atoms with Crippen molar-refractivity contribution >= 4 is 11.6 Å². The highest BCUT2D eigenvalue weighted by atomic mass is 16.1. The Kier molecular flexibility index (Phi) is 7.65. The minimum Gasteiger partial charge on any atom is -0.304 e. The Morgan fingerprint density at radius 3 is 1.65 bits per heavy atom. The summed E-state index contributed by atoms with van der Waals surface area (Å²) in [5.74, 6) is -1.30. The molecule has 0 saturated heterocycles. The van der Waals surface area contributed by atoms with Crippen LogP contribution in [-0.2, 0) is 0 Å². The van der Waals surface area contributed by atoms with Crippen LogP contribution in [0.3, 0.4) is 0 Å². The predicted molar refractivity (Wildman–Crippen MR) is 125 cm³/mol. The molecule has 0 aliphatic carbocycles. The summed E-state index contributed by atoms with van der Waals surface area (Å²) in [5, 5.41) is 6.40. The van der Waals surface area contributed by atoms with E-state index in [0.717, 1.165) is 5.56 Å². The summed E-state index contributed by atoms with van der Waals surface area (Å²) in [6, 6.07) is 27.9. The molecule has 3 aromatic carbocycles. The SMILES string of the molecule is C=C(C(=O)c1ccccc1)C(c1ccccc1)C(C(=O)c1ccccc1)C(NC)NC. The topological polar surface area (TPSA) is 58.2 Å². The number of carbonyl (C=O) groups is 2. The summed E-state index contributed by atoms with van der Waals surface area (Å²) in [7, 11) is 3.60. The average Bonchev–Trinajstić information content (AvgIpc) is 2.84. The molecule has 0 amide bonds. The van der Waals surface area contributed by atoms with Gasteiger partial charge in [0.05, 0.1) is 12.1 Å². The number of nitrogens with one attached hydrogen (secondary N) is 2. The summed E-state index contributed by atoms with van der Waals surface area (Å²) in [6.45, 7) is 4.20. The van der Waals surface area contributed by atoms with Gasteiger partial charge in [0.2, 0.25) is 0 Å². The van der Waals surface area contributed by atoms with Crippen LogP contribution in [0.5, 0.6) is 0 Å². The number of hydrogen-bond acceptors (Lipinski definition) is 4. The smallest absolute Gasteiger partial charge is 0.189 e. The summed E-state index contributed by atoms with van der Waals surface area (Å²) in [5.41, 5.74) is 2.43. The Hall–Kier alpha value is -3.34. The van der Waals surface area contributed by atoms with Crippen molar-refractivity contribution in [3.05, 3.63) is 120 Å². The molecule has 0 heterocycles. The van der Waals surface area contributed by atoms with Gasteiger partial charge in [0.25, 0.3) is 0 Å². The van der Waals surface area contributed by atoms with Crippen molar-refractivity contribution in [2.75, 3.05) is 14.1 Å². The van der Waals surface area contributed by atoms with Crippen molar-refractivity contribution < 1.29 is 9.59 Å². The highest BCUT2D eigenvalue weighted by Gasteiger charge is 2.39. The van der Waals surface area contributed by atoms with Gasteiger partial charge in [-0.05, 0) is 19.7 Å². The van der Waals surface area contributed by atoms with Crippen LogP contribution >= 0.6 is 0 Å². The second-order valence-electron chi connectivity index (χ2n) is 7.42. The van der Waals surface area contributed by atoms with Crippen LogP contribution in [0.25, 0.3) is 0 Å². The van der Waals surface area contributed by atoms with Crippen LogP contribution in [0, 0.1) is 5.92 Å². The molecular weight excluding hydrogens is 384 g/mol. The maximum Gasteiger partial charge on any atom is 0.189 e. The first kappa shape index (κ1) is 22.3. The Labute approximate surface area is 184 Å². The normalized spacial score (nSPS) is 12.9. The first-order valence-electron chi connectivity index (χ1n) is 10.4. The molecule has 0 radical (unpaired) electrons. The quantitative estimate of drug-likeness (QED) is 0.293. The number of allylic oxidation sites excluding steroid dienone is 1. The fourth-order valence-corrected chi connectivity index (χ4v) is 4.00. The van der Waals surface area contributed by atoms with Gasteiger partial charge in [-0.2, -0.15) is 0 Å². The van der Waals surface area contributed by atoms with Gasteiger partial charge in [-0.15, -0.1) is 0 Å². The van der Waals surface area contributed by atoms with Crippen molar-refractivity contribution in [1.29, 1.82) is 0 Å². The third-order valence-corrected chi connectivity index (χ3v) is 5.56. The molecule has 2 N–H and O–H groups in total. The van der Waals surface area contributed by atoms with Crippen LogP contribution in [-0.4, -0.2) is 31.8 Å². The lowest BCUT2D eigenvalue weighted by Gasteiger charge is -2.34. The molecule has 0 bridgehead atoms. The minimum atomic E-state index is -0.583. The molecule has 158 valence electrons. The maximum atomic E-state index is 13.8. The first-order chi connectivity index (χ1) is 15.1. The Morgan fingerprint density at radius 1 is 0.710 bits per heavy atom. The fourth-order valence-electron chi connectivity index (χ4n) is 4.00. The van der Waals surface area contributed by atoms with E-state index in [1.54, 1.807) is 26.2 Å². The highest BCUT2D eigenvalue weighted by Crippen LogP contribution is 2.36. The molecule has 0 fully saturated rings. The van der Waals surface area contributed by atoms with E-state index < -0.39 is 11.8 Å². The molecule has 0 aliphatic heterocycles. The molecule has 2 atom stereocenters. The molecule has 3 rings (SSSR count). The van der Waals surface area contributed by atoms with Crippen molar-refractivity contribution in [1.82, 2.24) is 10.6 Å². The van der Waals surface area contributed by atoms with Crippen LogP contribution in [0.4, 0.5) is 0 Å². The van der Waals surface area contributed by atoms with E-state index in [0.29, 0.717) is 16.7 Å². The Balaban J connectivity index is 2.13. The molecule has 0 saturated carbocycles. The number of ketones is 2. The summed E-state index contributed by atoms with van der Waals surface area (Å²) >= 11 is 0. The summed E-state index contributed by atoms with van der Waals surface area (Å²) < 4.78 is 0. The molecule has 0 aliphatic rings. The molecule has 31 heavy (non-hydrogen) atoms. The molecule has 4 heteroatoms. The second-order valence-corrected chi connectivity index (χ2v) is 7.42.